The zero-order valence-corrected chi connectivity index (χ0v) is 38.5. The molecule has 3 nitrogen and oxygen atoms in total. The molecule has 0 amide bonds. The second-order valence-electron chi connectivity index (χ2n) is 16.4. The van der Waals surface area contributed by atoms with Crippen molar-refractivity contribution in [2.45, 2.75) is 73.1 Å². The third-order valence-electron chi connectivity index (χ3n) is 11.2. The number of unbranched alkanes of at least 4 members (excludes halogenated alkanes) is 5. The highest BCUT2D eigenvalue weighted by Crippen LogP contribution is 2.38. The summed E-state index contributed by atoms with van der Waals surface area (Å²) in [6, 6.07) is 56.8. The van der Waals surface area contributed by atoms with Gasteiger partial charge in [-0.3, -0.25) is 0 Å². The molecule has 0 saturated carbocycles. The van der Waals surface area contributed by atoms with Crippen LogP contribution < -0.4 is 14.5 Å². The Morgan fingerprint density at radius 2 is 0.710 bits per heavy atom. The molecule has 0 aliphatic heterocycles. The van der Waals surface area contributed by atoms with Gasteiger partial charge < -0.3 is 14.5 Å². The van der Waals surface area contributed by atoms with Crippen LogP contribution in [0.1, 0.15) is 90.0 Å². The van der Waals surface area contributed by atoms with Crippen LogP contribution in [0, 0.1) is 27.7 Å². The average molecular weight is 880 g/mol. The maximum absolute atomic E-state index is 6.70. The van der Waals surface area contributed by atoms with Crippen LogP contribution >= 0.6 is 15.9 Å². The smallest absolute Gasteiger partial charge is 0.133 e. The van der Waals surface area contributed by atoms with Crippen molar-refractivity contribution in [1.29, 1.82) is 0 Å². The van der Waals surface area contributed by atoms with E-state index in [2.05, 4.69) is 242 Å². The highest BCUT2D eigenvalue weighted by atomic mass is 79.9. The lowest BCUT2D eigenvalue weighted by atomic mass is 10.0. The molecule has 0 aromatic heterocycles. The van der Waals surface area contributed by atoms with Gasteiger partial charge in [0.15, 0.2) is 0 Å². The van der Waals surface area contributed by atoms with E-state index in [9.17, 15) is 0 Å². The van der Waals surface area contributed by atoms with Gasteiger partial charge in [-0.2, -0.15) is 0 Å². The van der Waals surface area contributed by atoms with E-state index in [1.54, 1.807) is 0 Å². The van der Waals surface area contributed by atoms with Gasteiger partial charge in [0.2, 0.25) is 0 Å². The third-order valence-corrected chi connectivity index (χ3v) is 11.7. The minimum atomic E-state index is 0.681. The Morgan fingerprint density at radius 1 is 0.403 bits per heavy atom. The summed E-state index contributed by atoms with van der Waals surface area (Å²) in [7, 11) is 0. The van der Waals surface area contributed by atoms with Crippen molar-refractivity contribution in [2.75, 3.05) is 16.4 Å². The van der Waals surface area contributed by atoms with Crippen molar-refractivity contribution < 1.29 is 4.74 Å². The molecule has 7 aromatic rings. The monoisotopic (exact) mass is 878 g/mol. The van der Waals surface area contributed by atoms with E-state index in [0.29, 0.717) is 6.61 Å². The molecule has 0 unspecified atom stereocenters. The standard InChI is InChI=1S/C58H59BrN2O/c1-6-7-8-9-10-11-40-62-58-49(26-20-47-22-36-56(37-23-47)60(52-28-12-43(2)13-29-52)53-30-14-44(3)15-31-53)41-51(59)42-50(58)27-21-48-24-38-57(39-25-48)61(54-32-16-45(4)17-33-54)55-34-18-46(5)19-35-55/h12-39,41-42H,6-11,40H2,1-5H3/b26-20+,27-21+. The maximum Gasteiger partial charge on any atom is 0.133 e. The third kappa shape index (κ3) is 11.8. The van der Waals surface area contributed by atoms with Gasteiger partial charge in [-0.25, -0.2) is 0 Å². The summed E-state index contributed by atoms with van der Waals surface area (Å²) >= 11 is 3.84. The Balaban J connectivity index is 1.15. The molecular weight excluding hydrogens is 821 g/mol. The molecular formula is C58H59BrN2O. The van der Waals surface area contributed by atoms with Crippen LogP contribution in [0.5, 0.6) is 5.75 Å². The second-order valence-corrected chi connectivity index (χ2v) is 17.3. The van der Waals surface area contributed by atoms with Crippen LogP contribution in [0.2, 0.25) is 0 Å². The molecule has 7 rings (SSSR count). The van der Waals surface area contributed by atoms with Crippen molar-refractivity contribution >= 4 is 74.4 Å². The lowest BCUT2D eigenvalue weighted by Gasteiger charge is -2.26. The Hall–Kier alpha value is -6.10. The molecule has 0 aliphatic rings. The summed E-state index contributed by atoms with van der Waals surface area (Å²) in [5.74, 6) is 0.900. The first-order chi connectivity index (χ1) is 30.2. The SMILES string of the molecule is CCCCCCCCOc1c(/C=C/c2ccc(N(c3ccc(C)cc3)c3ccc(C)cc3)cc2)cc(Br)cc1/C=C/c1ccc(N(c2ccc(C)cc2)c2ccc(C)cc2)cc1. The molecule has 0 radical (unpaired) electrons. The second kappa shape index (κ2) is 21.6. The normalized spacial score (nSPS) is 11.4. The Bertz CT molecular complexity index is 2280. The van der Waals surface area contributed by atoms with Crippen LogP contribution in [-0.4, -0.2) is 6.61 Å². The predicted molar refractivity (Wildman–Crippen MR) is 272 cm³/mol. The molecule has 0 saturated heterocycles. The fraction of sp³-hybridized carbons (Fsp3) is 0.207. The van der Waals surface area contributed by atoms with Gasteiger partial charge in [0.25, 0.3) is 0 Å². The minimum Gasteiger partial charge on any atom is -0.492 e. The highest BCUT2D eigenvalue weighted by Gasteiger charge is 2.15. The summed E-state index contributed by atoms with van der Waals surface area (Å²) in [4.78, 5) is 4.62. The first kappa shape index (κ1) is 44.0. The largest absolute Gasteiger partial charge is 0.492 e. The number of halogens is 1. The molecule has 4 heteroatoms. The van der Waals surface area contributed by atoms with Crippen molar-refractivity contribution in [2.24, 2.45) is 0 Å². The number of aryl methyl sites for hydroxylation is 4. The topological polar surface area (TPSA) is 15.7 Å². The van der Waals surface area contributed by atoms with Crippen LogP contribution in [0.15, 0.2) is 162 Å². The molecule has 0 N–H and O–H groups in total. The fourth-order valence-electron chi connectivity index (χ4n) is 7.62. The van der Waals surface area contributed by atoms with Gasteiger partial charge in [-0.05, 0) is 130 Å². The zero-order chi connectivity index (χ0) is 43.3. The predicted octanol–water partition coefficient (Wildman–Crippen LogP) is 17.7. The zero-order valence-electron chi connectivity index (χ0n) is 37.0. The molecule has 314 valence electrons. The number of nitrogens with zero attached hydrogens (tertiary/aromatic N) is 2. The van der Waals surface area contributed by atoms with Crippen molar-refractivity contribution in [3.05, 3.63) is 207 Å². The number of hydrogen-bond acceptors (Lipinski definition) is 3. The summed E-state index contributed by atoms with van der Waals surface area (Å²) in [5.41, 5.74) is 16.0. The van der Waals surface area contributed by atoms with Gasteiger partial charge in [0, 0.05) is 49.7 Å². The van der Waals surface area contributed by atoms with Crippen molar-refractivity contribution in [3.8, 4) is 5.75 Å². The van der Waals surface area contributed by atoms with E-state index in [-0.39, 0.29) is 0 Å². The van der Waals surface area contributed by atoms with Crippen molar-refractivity contribution in [3.63, 3.8) is 0 Å². The maximum atomic E-state index is 6.70. The molecule has 0 atom stereocenters. The number of anilines is 6. The molecule has 62 heavy (non-hydrogen) atoms. The summed E-state index contributed by atoms with van der Waals surface area (Å²) < 4.78 is 7.71. The Labute approximate surface area is 379 Å². The van der Waals surface area contributed by atoms with Gasteiger partial charge in [-0.1, -0.05) is 174 Å². The minimum absolute atomic E-state index is 0.681. The van der Waals surface area contributed by atoms with E-state index >= 15 is 0 Å². The number of hydrogen-bond donors (Lipinski definition) is 0. The van der Waals surface area contributed by atoms with Crippen LogP contribution in [0.25, 0.3) is 24.3 Å². The van der Waals surface area contributed by atoms with Gasteiger partial charge in [-0.15, -0.1) is 0 Å². The highest BCUT2D eigenvalue weighted by molar-refractivity contribution is 9.10. The van der Waals surface area contributed by atoms with Gasteiger partial charge in [0.05, 0.1) is 6.61 Å². The first-order valence-electron chi connectivity index (χ1n) is 22.1. The fourth-order valence-corrected chi connectivity index (χ4v) is 8.11. The van der Waals surface area contributed by atoms with Crippen LogP contribution in [-0.2, 0) is 0 Å². The van der Waals surface area contributed by atoms with E-state index in [4.69, 9.17) is 4.74 Å². The first-order valence-corrected chi connectivity index (χ1v) is 22.9. The average Bonchev–Trinajstić information content (AvgIpc) is 3.28. The molecule has 7 aromatic carbocycles. The molecule has 0 fully saturated rings. The number of ether oxygens (including phenoxy) is 1. The number of benzene rings is 7. The lowest BCUT2D eigenvalue weighted by molar-refractivity contribution is 0.303. The molecule has 0 bridgehead atoms. The van der Waals surface area contributed by atoms with E-state index in [1.807, 2.05) is 0 Å². The molecule has 0 spiro atoms. The van der Waals surface area contributed by atoms with E-state index in [1.165, 1.54) is 54.4 Å². The molecule has 0 aliphatic carbocycles. The summed E-state index contributed by atoms with van der Waals surface area (Å²) in [5, 5.41) is 0. The lowest BCUT2D eigenvalue weighted by Crippen LogP contribution is -2.09. The van der Waals surface area contributed by atoms with Gasteiger partial charge in [0.1, 0.15) is 5.75 Å². The van der Waals surface area contributed by atoms with Crippen molar-refractivity contribution in [1.82, 2.24) is 0 Å². The van der Waals surface area contributed by atoms with Crippen LogP contribution in [0.4, 0.5) is 34.1 Å². The van der Waals surface area contributed by atoms with Crippen LogP contribution in [0.3, 0.4) is 0 Å². The van der Waals surface area contributed by atoms with Gasteiger partial charge >= 0.3 is 0 Å². The Morgan fingerprint density at radius 3 is 1.05 bits per heavy atom. The summed E-state index contributed by atoms with van der Waals surface area (Å²) in [6.07, 6.45) is 16.0. The number of rotatable bonds is 18. The van der Waals surface area contributed by atoms with E-state index < -0.39 is 0 Å². The Kier molecular flexibility index (Phi) is 15.3. The quantitative estimate of drug-likeness (QED) is 0.0631. The van der Waals surface area contributed by atoms with E-state index in [0.717, 1.165) is 73.0 Å². The summed E-state index contributed by atoms with van der Waals surface area (Å²) in [6.45, 7) is 11.5. The molecule has 0 heterocycles.